The lowest BCUT2D eigenvalue weighted by Crippen LogP contribution is -2.46. The topological polar surface area (TPSA) is 97.1 Å². The van der Waals surface area contributed by atoms with Gasteiger partial charge in [0.05, 0.1) is 16.8 Å². The molecule has 22 heavy (non-hydrogen) atoms. The van der Waals surface area contributed by atoms with Gasteiger partial charge in [-0.3, -0.25) is 9.59 Å². The van der Waals surface area contributed by atoms with Crippen LogP contribution in [-0.2, 0) is 4.79 Å². The van der Waals surface area contributed by atoms with E-state index in [0.29, 0.717) is 16.4 Å². The number of nitrogen functional groups attached to an aromatic ring is 1. The number of nitrogens with zero attached hydrogens (tertiary/aromatic N) is 1. The van der Waals surface area contributed by atoms with Crippen LogP contribution in [0.3, 0.4) is 0 Å². The maximum absolute atomic E-state index is 12.4. The summed E-state index contributed by atoms with van der Waals surface area (Å²) < 4.78 is 0. The van der Waals surface area contributed by atoms with Gasteiger partial charge in [0.1, 0.15) is 11.9 Å². The Labute approximate surface area is 132 Å². The van der Waals surface area contributed by atoms with Gasteiger partial charge in [-0.15, -0.1) is 11.3 Å². The number of rotatable bonds is 5. The molecule has 0 fully saturated rings. The second-order valence-electron chi connectivity index (χ2n) is 5.13. The summed E-state index contributed by atoms with van der Waals surface area (Å²) >= 11 is 1.33. The maximum Gasteiger partial charge on any atom is 0.262 e. The molecule has 0 aliphatic carbocycles. The molecule has 0 saturated heterocycles. The Bertz CT molecular complexity index is 638. The molecule has 0 saturated carbocycles. The number of pyridine rings is 1. The molecule has 0 radical (unpaired) electrons. The normalized spacial score (nSPS) is 12.0. The minimum atomic E-state index is -0.632. The highest BCUT2D eigenvalue weighted by Gasteiger charge is 2.25. The molecule has 4 N–H and O–H groups in total. The third-order valence-electron chi connectivity index (χ3n) is 3.03. The lowest BCUT2D eigenvalue weighted by molar-refractivity contribution is -0.118. The van der Waals surface area contributed by atoms with Crippen molar-refractivity contribution >= 4 is 34.7 Å². The number of aromatic nitrogens is 1. The van der Waals surface area contributed by atoms with E-state index in [9.17, 15) is 9.59 Å². The van der Waals surface area contributed by atoms with Crippen molar-refractivity contribution in [2.75, 3.05) is 11.1 Å². The zero-order valence-electron chi connectivity index (χ0n) is 12.4. The standard InChI is InChI=1S/C15H18N4O2S/c1-9(2)13(19-14(20)11-4-3-7-22-11)15(21)18-10-5-6-12(16)17-8-10/h3-9,13H,1-2H3,(H2,16,17)(H,18,21)(H,19,20). The van der Waals surface area contributed by atoms with E-state index in [0.717, 1.165) is 0 Å². The fourth-order valence-corrected chi connectivity index (χ4v) is 2.48. The van der Waals surface area contributed by atoms with E-state index < -0.39 is 6.04 Å². The molecule has 2 rings (SSSR count). The Morgan fingerprint density at radius 3 is 2.59 bits per heavy atom. The molecule has 0 bridgehead atoms. The van der Waals surface area contributed by atoms with Gasteiger partial charge in [-0.25, -0.2) is 4.98 Å². The Balaban J connectivity index is 2.05. The van der Waals surface area contributed by atoms with Crippen molar-refractivity contribution in [2.45, 2.75) is 19.9 Å². The third kappa shape index (κ3) is 4.05. The smallest absolute Gasteiger partial charge is 0.262 e. The SMILES string of the molecule is CC(C)C(NC(=O)c1cccs1)C(=O)Nc1ccc(N)nc1. The largest absolute Gasteiger partial charge is 0.384 e. The summed E-state index contributed by atoms with van der Waals surface area (Å²) in [5.74, 6) is -0.208. The molecule has 2 aromatic heterocycles. The van der Waals surface area contributed by atoms with Crippen molar-refractivity contribution in [1.29, 1.82) is 0 Å². The van der Waals surface area contributed by atoms with Gasteiger partial charge in [-0.1, -0.05) is 19.9 Å². The molecular formula is C15H18N4O2S. The van der Waals surface area contributed by atoms with Crippen molar-refractivity contribution in [3.05, 3.63) is 40.7 Å². The summed E-state index contributed by atoms with van der Waals surface area (Å²) in [6.45, 7) is 3.75. The number of hydrogen-bond donors (Lipinski definition) is 3. The summed E-state index contributed by atoms with van der Waals surface area (Å²) in [4.78, 5) is 29.0. The van der Waals surface area contributed by atoms with Gasteiger partial charge < -0.3 is 16.4 Å². The van der Waals surface area contributed by atoms with Crippen molar-refractivity contribution in [3.8, 4) is 0 Å². The van der Waals surface area contributed by atoms with Crippen LogP contribution in [0.1, 0.15) is 23.5 Å². The number of carbonyl (C=O) groups is 2. The van der Waals surface area contributed by atoms with E-state index in [2.05, 4.69) is 15.6 Å². The van der Waals surface area contributed by atoms with Gasteiger partial charge in [0.15, 0.2) is 0 Å². The van der Waals surface area contributed by atoms with E-state index in [1.165, 1.54) is 17.5 Å². The quantitative estimate of drug-likeness (QED) is 0.786. The number of nitrogens with one attached hydrogen (secondary N) is 2. The van der Waals surface area contributed by atoms with Gasteiger partial charge in [0.25, 0.3) is 5.91 Å². The second kappa shape index (κ2) is 7.04. The fraction of sp³-hybridized carbons (Fsp3) is 0.267. The van der Waals surface area contributed by atoms with Gasteiger partial charge in [0.2, 0.25) is 5.91 Å². The Morgan fingerprint density at radius 2 is 2.05 bits per heavy atom. The van der Waals surface area contributed by atoms with Crippen LogP contribution in [0.5, 0.6) is 0 Å². The van der Waals surface area contributed by atoms with E-state index in [4.69, 9.17) is 5.73 Å². The number of nitrogens with two attached hydrogens (primary N) is 1. The maximum atomic E-state index is 12.4. The molecule has 0 aromatic carbocycles. The van der Waals surface area contributed by atoms with Gasteiger partial charge >= 0.3 is 0 Å². The number of carbonyl (C=O) groups excluding carboxylic acids is 2. The lowest BCUT2D eigenvalue weighted by atomic mass is 10.0. The summed E-state index contributed by atoms with van der Waals surface area (Å²) in [5.41, 5.74) is 6.04. The molecule has 2 amide bonds. The predicted molar refractivity (Wildman–Crippen MR) is 87.7 cm³/mol. The molecule has 6 nitrogen and oxygen atoms in total. The molecule has 1 atom stereocenters. The monoisotopic (exact) mass is 318 g/mol. The van der Waals surface area contributed by atoms with Crippen LogP contribution < -0.4 is 16.4 Å². The number of anilines is 2. The highest BCUT2D eigenvalue weighted by molar-refractivity contribution is 7.12. The van der Waals surface area contributed by atoms with E-state index in [1.54, 1.807) is 24.3 Å². The molecule has 2 heterocycles. The Morgan fingerprint density at radius 1 is 1.27 bits per heavy atom. The fourth-order valence-electron chi connectivity index (χ4n) is 1.85. The number of thiophene rings is 1. The van der Waals surface area contributed by atoms with Gasteiger partial charge in [-0.05, 0) is 29.5 Å². The third-order valence-corrected chi connectivity index (χ3v) is 3.90. The van der Waals surface area contributed by atoms with Crippen molar-refractivity contribution < 1.29 is 9.59 Å². The van der Waals surface area contributed by atoms with E-state index >= 15 is 0 Å². The van der Waals surface area contributed by atoms with Crippen LogP contribution in [-0.4, -0.2) is 22.8 Å². The molecule has 0 aliphatic heterocycles. The number of hydrogen-bond acceptors (Lipinski definition) is 5. The zero-order chi connectivity index (χ0) is 16.1. The van der Waals surface area contributed by atoms with Crippen LogP contribution in [0.2, 0.25) is 0 Å². The van der Waals surface area contributed by atoms with Crippen molar-refractivity contribution in [3.63, 3.8) is 0 Å². The second-order valence-corrected chi connectivity index (χ2v) is 6.08. The average Bonchev–Trinajstić information content (AvgIpc) is 3.00. The first-order chi connectivity index (χ1) is 10.5. The lowest BCUT2D eigenvalue weighted by Gasteiger charge is -2.21. The van der Waals surface area contributed by atoms with Crippen LogP contribution in [0, 0.1) is 5.92 Å². The minimum absolute atomic E-state index is 0.0503. The highest BCUT2D eigenvalue weighted by Crippen LogP contribution is 2.13. The Kier molecular flexibility index (Phi) is 5.11. The number of amides is 2. The summed E-state index contributed by atoms with van der Waals surface area (Å²) in [7, 11) is 0. The van der Waals surface area contributed by atoms with Crippen LogP contribution in [0.25, 0.3) is 0 Å². The van der Waals surface area contributed by atoms with Gasteiger partial charge in [-0.2, -0.15) is 0 Å². The molecule has 1 unspecified atom stereocenters. The molecule has 0 spiro atoms. The zero-order valence-corrected chi connectivity index (χ0v) is 13.2. The molecule has 0 aliphatic rings. The summed E-state index contributed by atoms with van der Waals surface area (Å²) in [6, 6.07) is 6.15. The first kappa shape index (κ1) is 16.0. The molecule has 2 aromatic rings. The molecule has 116 valence electrons. The predicted octanol–water partition coefficient (Wildman–Crippen LogP) is 2.12. The van der Waals surface area contributed by atoms with E-state index in [1.807, 2.05) is 19.2 Å². The average molecular weight is 318 g/mol. The first-order valence-electron chi connectivity index (χ1n) is 6.84. The molecule has 7 heteroatoms. The Hall–Kier alpha value is -2.41. The summed E-state index contributed by atoms with van der Waals surface area (Å²) in [6.07, 6.45) is 1.48. The van der Waals surface area contributed by atoms with Crippen molar-refractivity contribution in [1.82, 2.24) is 10.3 Å². The van der Waals surface area contributed by atoms with Crippen LogP contribution in [0.4, 0.5) is 11.5 Å². The van der Waals surface area contributed by atoms with Crippen LogP contribution in [0.15, 0.2) is 35.8 Å². The minimum Gasteiger partial charge on any atom is -0.384 e. The molecular weight excluding hydrogens is 300 g/mol. The van der Waals surface area contributed by atoms with E-state index in [-0.39, 0.29) is 17.7 Å². The van der Waals surface area contributed by atoms with Crippen LogP contribution >= 0.6 is 11.3 Å². The summed E-state index contributed by atoms with van der Waals surface area (Å²) in [5, 5.41) is 7.32. The first-order valence-corrected chi connectivity index (χ1v) is 7.72. The highest BCUT2D eigenvalue weighted by atomic mass is 32.1. The van der Waals surface area contributed by atoms with Crippen molar-refractivity contribution in [2.24, 2.45) is 5.92 Å². The van der Waals surface area contributed by atoms with Gasteiger partial charge in [0, 0.05) is 0 Å².